The second-order valence-corrected chi connectivity index (χ2v) is 8.58. The van der Waals surface area contributed by atoms with E-state index in [-0.39, 0.29) is 23.3 Å². The van der Waals surface area contributed by atoms with Gasteiger partial charge in [0.05, 0.1) is 11.6 Å². The first kappa shape index (κ1) is 23.9. The first-order valence-corrected chi connectivity index (χ1v) is 11.2. The Hall–Kier alpha value is -3.22. The van der Waals surface area contributed by atoms with Gasteiger partial charge in [0.1, 0.15) is 17.4 Å². The van der Waals surface area contributed by atoms with Crippen LogP contribution in [0.1, 0.15) is 49.4 Å². The van der Waals surface area contributed by atoms with Crippen molar-refractivity contribution in [2.75, 3.05) is 0 Å². The highest BCUT2D eigenvalue weighted by Crippen LogP contribution is 2.38. The van der Waals surface area contributed by atoms with E-state index in [0.717, 1.165) is 23.1 Å². The lowest BCUT2D eigenvalue weighted by atomic mass is 9.92. The Kier molecular flexibility index (Phi) is 6.73. The normalized spacial score (nSPS) is 18.1. The maximum Gasteiger partial charge on any atom is 0.573 e. The maximum atomic E-state index is 14.7. The molecule has 0 amide bonds. The van der Waals surface area contributed by atoms with E-state index < -0.39 is 18.0 Å². The molecule has 0 aliphatic carbocycles. The van der Waals surface area contributed by atoms with Gasteiger partial charge >= 0.3 is 6.36 Å². The number of benzene rings is 3. The van der Waals surface area contributed by atoms with Gasteiger partial charge in [-0.2, -0.15) is 0 Å². The molecule has 2 atom stereocenters. The average molecular weight is 473 g/mol. The van der Waals surface area contributed by atoms with E-state index >= 15 is 0 Å². The molecule has 178 valence electrons. The van der Waals surface area contributed by atoms with E-state index in [2.05, 4.69) is 9.73 Å². The summed E-state index contributed by atoms with van der Waals surface area (Å²) in [5.74, 6) is -1.38. The van der Waals surface area contributed by atoms with Crippen LogP contribution in [0, 0.1) is 17.6 Å². The van der Waals surface area contributed by atoms with Crippen LogP contribution < -0.4 is 4.74 Å². The fourth-order valence-electron chi connectivity index (χ4n) is 4.39. The summed E-state index contributed by atoms with van der Waals surface area (Å²) in [5.41, 5.74) is 3.48. The Morgan fingerprint density at radius 3 is 2.00 bits per heavy atom. The third kappa shape index (κ3) is 5.29. The van der Waals surface area contributed by atoms with Crippen molar-refractivity contribution in [1.82, 2.24) is 0 Å². The van der Waals surface area contributed by atoms with Crippen molar-refractivity contribution in [2.45, 2.75) is 45.5 Å². The molecule has 1 aliphatic heterocycles. The van der Waals surface area contributed by atoms with Crippen LogP contribution in [0.2, 0.25) is 0 Å². The lowest BCUT2D eigenvalue weighted by Crippen LogP contribution is -2.16. The van der Waals surface area contributed by atoms with Crippen molar-refractivity contribution < 1.29 is 26.7 Å². The molecule has 0 bridgehead atoms. The molecule has 7 heteroatoms. The van der Waals surface area contributed by atoms with Gasteiger partial charge in [0, 0.05) is 5.71 Å². The minimum atomic E-state index is -4.73. The molecular formula is C27H24F5NO. The van der Waals surface area contributed by atoms with Gasteiger partial charge in [0.15, 0.2) is 0 Å². The third-order valence-corrected chi connectivity index (χ3v) is 5.95. The first-order valence-electron chi connectivity index (χ1n) is 11.2. The van der Waals surface area contributed by atoms with Crippen LogP contribution in [-0.4, -0.2) is 12.1 Å². The highest BCUT2D eigenvalue weighted by molar-refractivity contribution is 6.02. The van der Waals surface area contributed by atoms with Gasteiger partial charge in [0.25, 0.3) is 0 Å². The van der Waals surface area contributed by atoms with Gasteiger partial charge in [-0.25, -0.2) is 8.78 Å². The van der Waals surface area contributed by atoms with Crippen molar-refractivity contribution in [2.24, 2.45) is 10.9 Å². The van der Waals surface area contributed by atoms with E-state index in [1.54, 1.807) is 12.1 Å². The lowest BCUT2D eigenvalue weighted by molar-refractivity contribution is -0.274. The van der Waals surface area contributed by atoms with Crippen LogP contribution in [0.3, 0.4) is 0 Å². The standard InChI is InChI=1S/C27H24F5NO/c1-3-4-17-14-22(28)25(23(29)15-17)24-13-16(2)26(33-24)20-7-5-18(6-8-20)19-9-11-21(12-10-19)34-27(30,31)32/h5-12,14-16,26H,3-4,13H2,1-2H3. The van der Waals surface area contributed by atoms with Crippen LogP contribution in [0.15, 0.2) is 65.7 Å². The molecule has 2 unspecified atom stereocenters. The molecule has 0 radical (unpaired) electrons. The van der Waals surface area contributed by atoms with Crippen molar-refractivity contribution in [3.05, 3.63) is 89.0 Å². The van der Waals surface area contributed by atoms with Crippen molar-refractivity contribution >= 4 is 5.71 Å². The van der Waals surface area contributed by atoms with Gasteiger partial charge in [-0.3, -0.25) is 4.99 Å². The molecular weight excluding hydrogens is 449 g/mol. The van der Waals surface area contributed by atoms with Crippen molar-refractivity contribution in [3.63, 3.8) is 0 Å². The quantitative estimate of drug-likeness (QED) is 0.332. The number of ether oxygens (including phenoxy) is 1. The first-order chi connectivity index (χ1) is 16.1. The zero-order valence-electron chi connectivity index (χ0n) is 18.8. The Bertz CT molecular complexity index is 1160. The number of nitrogens with zero attached hydrogens (tertiary/aromatic N) is 1. The largest absolute Gasteiger partial charge is 0.573 e. The highest BCUT2D eigenvalue weighted by atomic mass is 19.4. The molecule has 3 aromatic carbocycles. The summed E-state index contributed by atoms with van der Waals surface area (Å²) in [5, 5.41) is 0. The number of alkyl halides is 3. The Morgan fingerprint density at radius 1 is 0.912 bits per heavy atom. The zero-order valence-corrected chi connectivity index (χ0v) is 18.8. The Labute approximate surface area is 195 Å². The van der Waals surface area contributed by atoms with Crippen molar-refractivity contribution in [3.8, 4) is 16.9 Å². The van der Waals surface area contributed by atoms with Gasteiger partial charge < -0.3 is 4.74 Å². The molecule has 0 saturated heterocycles. The number of aryl methyl sites for hydroxylation is 1. The minimum Gasteiger partial charge on any atom is -0.406 e. The second-order valence-electron chi connectivity index (χ2n) is 8.58. The lowest BCUT2D eigenvalue weighted by Gasteiger charge is -2.14. The predicted octanol–water partition coefficient (Wildman–Crippen LogP) is 8.05. The van der Waals surface area contributed by atoms with Gasteiger partial charge in [-0.1, -0.05) is 56.7 Å². The average Bonchev–Trinajstić information content (AvgIpc) is 3.14. The summed E-state index contributed by atoms with van der Waals surface area (Å²) in [6, 6.07) is 15.7. The fourth-order valence-corrected chi connectivity index (χ4v) is 4.39. The van der Waals surface area contributed by atoms with Crippen LogP contribution in [0.25, 0.3) is 11.1 Å². The van der Waals surface area contributed by atoms with Crippen LogP contribution >= 0.6 is 0 Å². The van der Waals surface area contributed by atoms with Gasteiger partial charge in [-0.05, 0) is 65.3 Å². The summed E-state index contributed by atoms with van der Waals surface area (Å²) >= 11 is 0. The molecule has 0 aromatic heterocycles. The predicted molar refractivity (Wildman–Crippen MR) is 122 cm³/mol. The fraction of sp³-hybridized carbons (Fsp3) is 0.296. The monoisotopic (exact) mass is 473 g/mol. The molecule has 1 aliphatic rings. The third-order valence-electron chi connectivity index (χ3n) is 5.95. The minimum absolute atomic E-state index is 0.0491. The van der Waals surface area contributed by atoms with E-state index in [4.69, 9.17) is 0 Å². The smallest absolute Gasteiger partial charge is 0.406 e. The summed E-state index contributed by atoms with van der Waals surface area (Å²) in [6.07, 6.45) is -2.85. The van der Waals surface area contributed by atoms with Crippen molar-refractivity contribution in [1.29, 1.82) is 0 Å². The van der Waals surface area contributed by atoms with E-state index in [1.165, 1.54) is 24.3 Å². The SMILES string of the molecule is CCCc1cc(F)c(C2=NC(c3ccc(-c4ccc(OC(F)(F)F)cc4)cc3)C(C)C2)c(F)c1. The summed E-state index contributed by atoms with van der Waals surface area (Å²) in [7, 11) is 0. The van der Waals surface area contributed by atoms with Gasteiger partial charge in [-0.15, -0.1) is 13.2 Å². The Morgan fingerprint density at radius 2 is 1.47 bits per heavy atom. The topological polar surface area (TPSA) is 21.6 Å². The molecule has 1 heterocycles. The number of halogens is 5. The summed E-state index contributed by atoms with van der Waals surface area (Å²) < 4.78 is 70.4. The molecule has 0 fully saturated rings. The Balaban J connectivity index is 1.54. The highest BCUT2D eigenvalue weighted by Gasteiger charge is 2.31. The number of hydrogen-bond donors (Lipinski definition) is 0. The number of hydrogen-bond acceptors (Lipinski definition) is 2. The molecule has 0 N–H and O–H groups in total. The number of rotatable bonds is 6. The summed E-state index contributed by atoms with van der Waals surface area (Å²) in [6.45, 7) is 3.95. The summed E-state index contributed by atoms with van der Waals surface area (Å²) in [4.78, 5) is 4.67. The van der Waals surface area contributed by atoms with Crippen LogP contribution in [0.4, 0.5) is 22.0 Å². The second kappa shape index (κ2) is 9.57. The van der Waals surface area contributed by atoms with Crippen LogP contribution in [0.5, 0.6) is 5.75 Å². The molecule has 4 rings (SSSR count). The molecule has 2 nitrogen and oxygen atoms in total. The molecule has 0 saturated carbocycles. The molecule has 3 aromatic rings. The molecule has 0 spiro atoms. The molecule has 34 heavy (non-hydrogen) atoms. The van der Waals surface area contributed by atoms with E-state index in [1.807, 2.05) is 38.1 Å². The van der Waals surface area contributed by atoms with Gasteiger partial charge in [0.2, 0.25) is 0 Å². The zero-order chi connectivity index (χ0) is 24.5. The van der Waals surface area contributed by atoms with E-state index in [9.17, 15) is 22.0 Å². The maximum absolute atomic E-state index is 14.7. The van der Waals surface area contributed by atoms with E-state index in [0.29, 0.717) is 24.1 Å². The van der Waals surface area contributed by atoms with Crippen LogP contribution in [-0.2, 0) is 6.42 Å². The number of aliphatic imine (C=N–C) groups is 1.